The average Bonchev–Trinajstić information content (AvgIpc) is 2.62. The first-order chi connectivity index (χ1) is 6.77. The van der Waals surface area contributed by atoms with E-state index < -0.39 is 5.56 Å². The zero-order valence-electron chi connectivity index (χ0n) is 6.85. The van der Waals surface area contributed by atoms with Crippen LogP contribution in [-0.2, 0) is 0 Å². The number of nitrogens with zero attached hydrogens (tertiary/aromatic N) is 4. The average molecular weight is 185 g/mol. The second-order valence-corrected chi connectivity index (χ2v) is 2.55. The molecule has 0 unspecified atom stereocenters. The van der Waals surface area contributed by atoms with E-state index in [1.54, 1.807) is 6.07 Å². The molecule has 2 rings (SSSR count). The van der Waals surface area contributed by atoms with Crippen molar-refractivity contribution < 1.29 is 0 Å². The fourth-order valence-electron chi connectivity index (χ4n) is 1.12. The Kier molecular flexibility index (Phi) is 1.55. The molecule has 0 aliphatic heterocycles. The number of rotatable bonds is 0. The topological polar surface area (TPSA) is 97.7 Å². The van der Waals surface area contributed by atoms with Gasteiger partial charge in [-0.1, -0.05) is 0 Å². The van der Waals surface area contributed by atoms with E-state index in [-0.39, 0.29) is 16.8 Å². The normalized spacial score (nSPS) is 9.57. The molecule has 0 aromatic carbocycles. The predicted molar refractivity (Wildman–Crippen MR) is 45.2 cm³/mol. The highest BCUT2D eigenvalue weighted by Crippen LogP contribution is 2.02. The van der Waals surface area contributed by atoms with E-state index in [2.05, 4.69) is 10.1 Å². The number of aromatic amines is 1. The fraction of sp³-hybridized carbons (Fsp3) is 0. The van der Waals surface area contributed by atoms with E-state index in [4.69, 9.17) is 10.5 Å². The lowest BCUT2D eigenvalue weighted by Crippen LogP contribution is -2.17. The van der Waals surface area contributed by atoms with Crippen molar-refractivity contribution in [2.24, 2.45) is 0 Å². The Hall–Kier alpha value is -2.60. The summed E-state index contributed by atoms with van der Waals surface area (Å²) >= 11 is 0. The number of fused-ring (bicyclic) bond motifs is 1. The number of H-pyrrole nitrogens is 1. The van der Waals surface area contributed by atoms with E-state index in [0.29, 0.717) is 0 Å². The minimum absolute atomic E-state index is 0.0613. The number of hydrogen-bond donors (Lipinski definition) is 1. The highest BCUT2D eigenvalue weighted by Gasteiger charge is 2.08. The summed E-state index contributed by atoms with van der Waals surface area (Å²) in [6.45, 7) is 0. The standard InChI is InChI=1S/C8H3N5O/c9-1-5-4-12-13-7(5)11-3-6(2-10)8(13)14/h3-4,12H. The van der Waals surface area contributed by atoms with Crippen LogP contribution in [0.4, 0.5) is 0 Å². The van der Waals surface area contributed by atoms with Crippen LogP contribution >= 0.6 is 0 Å². The smallest absolute Gasteiger partial charge is 0.290 e. The first kappa shape index (κ1) is 8.02. The summed E-state index contributed by atoms with van der Waals surface area (Å²) in [5, 5.41) is 19.8. The van der Waals surface area contributed by atoms with Crippen molar-refractivity contribution in [2.75, 3.05) is 0 Å². The predicted octanol–water partition coefficient (Wildman–Crippen LogP) is -0.234. The summed E-state index contributed by atoms with van der Waals surface area (Å²) in [6, 6.07) is 3.59. The molecule has 0 atom stereocenters. The van der Waals surface area contributed by atoms with Gasteiger partial charge in [-0.25, -0.2) is 4.98 Å². The molecule has 0 saturated carbocycles. The highest BCUT2D eigenvalue weighted by molar-refractivity contribution is 5.54. The lowest BCUT2D eigenvalue weighted by Gasteiger charge is -1.91. The van der Waals surface area contributed by atoms with E-state index in [1.807, 2.05) is 6.07 Å². The Morgan fingerprint density at radius 3 is 2.71 bits per heavy atom. The molecule has 0 radical (unpaired) electrons. The van der Waals surface area contributed by atoms with Crippen molar-refractivity contribution in [3.05, 3.63) is 33.9 Å². The van der Waals surface area contributed by atoms with Gasteiger partial charge in [0.25, 0.3) is 5.56 Å². The summed E-state index contributed by atoms with van der Waals surface area (Å²) in [4.78, 5) is 15.3. The van der Waals surface area contributed by atoms with Crippen molar-refractivity contribution in [3.8, 4) is 12.1 Å². The molecule has 0 spiro atoms. The minimum Gasteiger partial charge on any atom is -0.295 e. The Balaban J connectivity index is 2.97. The number of aromatic nitrogens is 3. The van der Waals surface area contributed by atoms with Gasteiger partial charge in [0.1, 0.15) is 23.3 Å². The molecule has 14 heavy (non-hydrogen) atoms. The molecule has 0 fully saturated rings. The monoisotopic (exact) mass is 185 g/mol. The third-order valence-corrected chi connectivity index (χ3v) is 1.78. The zero-order chi connectivity index (χ0) is 10.1. The number of nitriles is 2. The first-order valence-corrected chi connectivity index (χ1v) is 3.67. The van der Waals surface area contributed by atoms with Gasteiger partial charge in [0, 0.05) is 6.20 Å². The molecule has 6 heteroatoms. The molecule has 66 valence electrons. The van der Waals surface area contributed by atoms with Crippen molar-refractivity contribution in [2.45, 2.75) is 0 Å². The highest BCUT2D eigenvalue weighted by atomic mass is 16.1. The third-order valence-electron chi connectivity index (χ3n) is 1.78. The molecule has 0 aliphatic rings. The first-order valence-electron chi connectivity index (χ1n) is 3.67. The van der Waals surface area contributed by atoms with Gasteiger partial charge in [-0.2, -0.15) is 15.0 Å². The summed E-state index contributed by atoms with van der Waals surface area (Å²) < 4.78 is 1.07. The second-order valence-electron chi connectivity index (χ2n) is 2.55. The van der Waals surface area contributed by atoms with Gasteiger partial charge in [0.05, 0.1) is 6.20 Å². The van der Waals surface area contributed by atoms with Gasteiger partial charge in [0.15, 0.2) is 5.65 Å². The molecule has 6 nitrogen and oxygen atoms in total. The van der Waals surface area contributed by atoms with Crippen molar-refractivity contribution in [1.82, 2.24) is 14.6 Å². The zero-order valence-corrected chi connectivity index (χ0v) is 6.85. The maximum Gasteiger partial charge on any atom is 0.290 e. The van der Waals surface area contributed by atoms with Crippen LogP contribution < -0.4 is 5.56 Å². The SMILES string of the molecule is N#Cc1cnc2c(C#N)c[nH]n2c1=O. The van der Waals surface area contributed by atoms with E-state index in [9.17, 15) is 4.79 Å². The molecule has 0 saturated heterocycles. The van der Waals surface area contributed by atoms with Crippen LogP contribution in [0.3, 0.4) is 0 Å². The summed E-state index contributed by atoms with van der Waals surface area (Å²) in [5.41, 5.74) is -0.0593. The maximum atomic E-state index is 11.4. The van der Waals surface area contributed by atoms with Crippen LogP contribution in [0, 0.1) is 22.7 Å². The summed E-state index contributed by atoms with van der Waals surface area (Å²) in [7, 11) is 0. The largest absolute Gasteiger partial charge is 0.295 e. The molecule has 0 amide bonds. The van der Waals surface area contributed by atoms with Crippen molar-refractivity contribution in [3.63, 3.8) is 0 Å². The minimum atomic E-state index is -0.501. The molecule has 0 aliphatic carbocycles. The van der Waals surface area contributed by atoms with Crippen LogP contribution in [-0.4, -0.2) is 14.6 Å². The van der Waals surface area contributed by atoms with Gasteiger partial charge in [-0.05, 0) is 0 Å². The quantitative estimate of drug-likeness (QED) is 0.612. The number of nitrogens with one attached hydrogen (secondary N) is 1. The maximum absolute atomic E-state index is 11.4. The number of hydrogen-bond acceptors (Lipinski definition) is 4. The Bertz CT molecular complexity index is 636. The van der Waals surface area contributed by atoms with Crippen LogP contribution in [0.5, 0.6) is 0 Å². The molecular formula is C8H3N5O. The molecule has 2 heterocycles. The van der Waals surface area contributed by atoms with Gasteiger partial charge < -0.3 is 0 Å². The van der Waals surface area contributed by atoms with Crippen molar-refractivity contribution in [1.29, 1.82) is 10.5 Å². The van der Waals surface area contributed by atoms with Gasteiger partial charge >= 0.3 is 0 Å². The van der Waals surface area contributed by atoms with Crippen LogP contribution in [0.25, 0.3) is 5.65 Å². The lowest BCUT2D eigenvalue weighted by molar-refractivity contribution is 0.893. The van der Waals surface area contributed by atoms with Gasteiger partial charge in [-0.3, -0.25) is 9.89 Å². The molecule has 1 N–H and O–H groups in total. The molecule has 2 aromatic heterocycles. The second kappa shape index (κ2) is 2.71. The summed E-state index contributed by atoms with van der Waals surface area (Å²) in [6.07, 6.45) is 2.53. The Morgan fingerprint density at radius 1 is 1.36 bits per heavy atom. The third kappa shape index (κ3) is 0.883. The van der Waals surface area contributed by atoms with Crippen molar-refractivity contribution >= 4 is 5.65 Å². The molecule has 2 aromatic rings. The molecule has 0 bridgehead atoms. The molecular weight excluding hydrogens is 182 g/mol. The van der Waals surface area contributed by atoms with Crippen LogP contribution in [0.15, 0.2) is 17.2 Å². The van der Waals surface area contributed by atoms with Crippen LogP contribution in [0.1, 0.15) is 11.1 Å². The lowest BCUT2D eigenvalue weighted by atomic mass is 10.3. The fourth-order valence-corrected chi connectivity index (χ4v) is 1.12. The Labute approximate surface area is 77.6 Å². The van der Waals surface area contributed by atoms with Gasteiger partial charge in [0.2, 0.25) is 0 Å². The summed E-state index contributed by atoms with van der Waals surface area (Å²) in [5.74, 6) is 0. The van der Waals surface area contributed by atoms with E-state index >= 15 is 0 Å². The Morgan fingerprint density at radius 2 is 2.07 bits per heavy atom. The van der Waals surface area contributed by atoms with E-state index in [1.165, 1.54) is 6.20 Å². The van der Waals surface area contributed by atoms with Gasteiger partial charge in [-0.15, -0.1) is 0 Å². The van der Waals surface area contributed by atoms with Crippen LogP contribution in [0.2, 0.25) is 0 Å². The van der Waals surface area contributed by atoms with E-state index in [0.717, 1.165) is 10.7 Å².